The van der Waals surface area contributed by atoms with Gasteiger partial charge in [0.1, 0.15) is 0 Å². The third-order valence-electron chi connectivity index (χ3n) is 1.46. The van der Waals surface area contributed by atoms with Gasteiger partial charge in [0.25, 0.3) is 0 Å². The first-order valence-corrected chi connectivity index (χ1v) is 3.14. The van der Waals surface area contributed by atoms with Gasteiger partial charge in [-0.3, -0.25) is 9.89 Å². The van der Waals surface area contributed by atoms with Crippen molar-refractivity contribution in [1.29, 1.82) is 0 Å². The minimum absolute atomic E-state index is 0. The summed E-state index contributed by atoms with van der Waals surface area (Å²) in [6.07, 6.45) is 1.99. The van der Waals surface area contributed by atoms with Gasteiger partial charge in [-0.05, 0) is 6.54 Å². The van der Waals surface area contributed by atoms with Crippen LogP contribution in [0.5, 0.6) is 0 Å². The van der Waals surface area contributed by atoms with Crippen LogP contribution in [0.2, 0.25) is 0 Å². The summed E-state index contributed by atoms with van der Waals surface area (Å²) in [6.45, 7) is 6.53. The largest absolute Gasteiger partial charge is 0.297 e. The molecule has 1 rings (SSSR count). The first-order valence-electron chi connectivity index (χ1n) is 3.14. The molecular formula is C8H20N2. The Morgan fingerprint density at radius 1 is 1.50 bits per heavy atom. The molecular weight excluding hydrogens is 124 g/mol. The first-order chi connectivity index (χ1) is 3.93. The second kappa shape index (κ2) is 6.75. The van der Waals surface area contributed by atoms with E-state index in [0.717, 1.165) is 26.2 Å². The second-order valence-corrected chi connectivity index (χ2v) is 1.98. The molecule has 1 aliphatic rings. The standard InChI is InChI=1S/C6H12N2.2CH4/c1-2-8-5-3-7-4-6-8;;/h3H,2,4-6H2,1H3;2*1H4. The first kappa shape index (κ1) is 12.3. The normalized spacial score (nSPS) is 17.3. The summed E-state index contributed by atoms with van der Waals surface area (Å²) < 4.78 is 0. The van der Waals surface area contributed by atoms with Crippen molar-refractivity contribution < 1.29 is 0 Å². The Bertz CT molecular complexity index is 89.3. The predicted octanol–water partition coefficient (Wildman–Crippen LogP) is 1.66. The number of hydrogen-bond donors (Lipinski definition) is 0. The Hall–Kier alpha value is -0.370. The van der Waals surface area contributed by atoms with Gasteiger partial charge in [0.05, 0.1) is 6.54 Å². The van der Waals surface area contributed by atoms with Crippen LogP contribution in [0.1, 0.15) is 21.8 Å². The molecule has 0 radical (unpaired) electrons. The summed E-state index contributed by atoms with van der Waals surface area (Å²) in [5.41, 5.74) is 0. The zero-order valence-corrected chi connectivity index (χ0v) is 5.30. The molecule has 1 aliphatic heterocycles. The molecule has 0 aliphatic carbocycles. The van der Waals surface area contributed by atoms with Crippen molar-refractivity contribution in [1.82, 2.24) is 4.90 Å². The lowest BCUT2D eigenvalue weighted by molar-refractivity contribution is 0.330. The summed E-state index contributed by atoms with van der Waals surface area (Å²) in [5.74, 6) is 0. The van der Waals surface area contributed by atoms with Crippen molar-refractivity contribution in [3.63, 3.8) is 0 Å². The number of likely N-dealkylation sites (N-methyl/N-ethyl adjacent to an activating group) is 1. The SMILES string of the molecule is C.C.CCN1CC=NCC1. The maximum atomic E-state index is 4.11. The molecule has 0 atom stereocenters. The highest BCUT2D eigenvalue weighted by atomic mass is 15.1. The Morgan fingerprint density at radius 3 is 2.50 bits per heavy atom. The van der Waals surface area contributed by atoms with E-state index in [4.69, 9.17) is 0 Å². The Morgan fingerprint density at radius 2 is 2.20 bits per heavy atom. The van der Waals surface area contributed by atoms with Gasteiger partial charge in [0.2, 0.25) is 0 Å². The molecule has 0 aromatic heterocycles. The molecule has 1 heterocycles. The van der Waals surface area contributed by atoms with E-state index in [0.29, 0.717) is 0 Å². The van der Waals surface area contributed by atoms with Crippen molar-refractivity contribution in [2.75, 3.05) is 26.2 Å². The van der Waals surface area contributed by atoms with Gasteiger partial charge in [-0.25, -0.2) is 0 Å². The molecule has 62 valence electrons. The molecule has 0 saturated heterocycles. The number of hydrogen-bond acceptors (Lipinski definition) is 2. The molecule has 0 aromatic rings. The topological polar surface area (TPSA) is 15.6 Å². The van der Waals surface area contributed by atoms with E-state index in [9.17, 15) is 0 Å². The maximum absolute atomic E-state index is 4.11. The Kier molecular flexibility index (Phi) is 8.31. The lowest BCUT2D eigenvalue weighted by Crippen LogP contribution is -2.31. The number of nitrogens with zero attached hydrogens (tertiary/aromatic N) is 2. The number of rotatable bonds is 1. The highest BCUT2D eigenvalue weighted by molar-refractivity contribution is 5.60. The molecule has 2 heteroatoms. The minimum atomic E-state index is 0. The van der Waals surface area contributed by atoms with Gasteiger partial charge >= 0.3 is 0 Å². The smallest absolute Gasteiger partial charge is 0.0513 e. The average Bonchev–Trinajstić information content (AvgIpc) is 1.90. The van der Waals surface area contributed by atoms with Crippen molar-refractivity contribution in [3.8, 4) is 0 Å². The van der Waals surface area contributed by atoms with Gasteiger partial charge in [0, 0.05) is 19.3 Å². The summed E-state index contributed by atoms with van der Waals surface area (Å²) in [7, 11) is 0. The van der Waals surface area contributed by atoms with Gasteiger partial charge in [-0.1, -0.05) is 21.8 Å². The van der Waals surface area contributed by atoms with Crippen LogP contribution >= 0.6 is 0 Å². The van der Waals surface area contributed by atoms with E-state index in [2.05, 4.69) is 16.8 Å². The van der Waals surface area contributed by atoms with Crippen LogP contribution in [0.25, 0.3) is 0 Å². The van der Waals surface area contributed by atoms with Crippen LogP contribution in [0, 0.1) is 0 Å². The van der Waals surface area contributed by atoms with Crippen LogP contribution in [0.4, 0.5) is 0 Å². The lowest BCUT2D eigenvalue weighted by atomic mass is 10.4. The molecule has 0 fully saturated rings. The second-order valence-electron chi connectivity index (χ2n) is 1.98. The fourth-order valence-electron chi connectivity index (χ4n) is 0.842. The monoisotopic (exact) mass is 144 g/mol. The number of aliphatic imine (C=N–C) groups is 1. The fourth-order valence-corrected chi connectivity index (χ4v) is 0.842. The van der Waals surface area contributed by atoms with Crippen molar-refractivity contribution in [3.05, 3.63) is 0 Å². The average molecular weight is 144 g/mol. The lowest BCUT2D eigenvalue weighted by Gasteiger charge is -2.19. The molecule has 0 unspecified atom stereocenters. The molecule has 0 saturated carbocycles. The van der Waals surface area contributed by atoms with Crippen molar-refractivity contribution in [2.45, 2.75) is 21.8 Å². The highest BCUT2D eigenvalue weighted by Crippen LogP contribution is 1.89. The van der Waals surface area contributed by atoms with Crippen LogP contribution in [0.15, 0.2) is 4.99 Å². The van der Waals surface area contributed by atoms with E-state index in [1.165, 1.54) is 0 Å². The van der Waals surface area contributed by atoms with Gasteiger partial charge < -0.3 is 0 Å². The summed E-state index contributed by atoms with van der Waals surface area (Å²) in [6, 6.07) is 0. The van der Waals surface area contributed by atoms with Crippen molar-refractivity contribution in [2.24, 2.45) is 4.99 Å². The van der Waals surface area contributed by atoms with Crippen molar-refractivity contribution >= 4 is 6.21 Å². The van der Waals surface area contributed by atoms with Gasteiger partial charge in [-0.15, -0.1) is 0 Å². The van der Waals surface area contributed by atoms with E-state index < -0.39 is 0 Å². The highest BCUT2D eigenvalue weighted by Gasteiger charge is 2.01. The molecule has 0 bridgehead atoms. The maximum Gasteiger partial charge on any atom is 0.0513 e. The van der Waals surface area contributed by atoms with E-state index in [-0.39, 0.29) is 14.9 Å². The quantitative estimate of drug-likeness (QED) is 0.546. The molecule has 2 nitrogen and oxygen atoms in total. The zero-order valence-electron chi connectivity index (χ0n) is 5.30. The summed E-state index contributed by atoms with van der Waals surface area (Å²) in [4.78, 5) is 6.48. The van der Waals surface area contributed by atoms with Crippen LogP contribution < -0.4 is 0 Å². The van der Waals surface area contributed by atoms with Crippen LogP contribution in [-0.4, -0.2) is 37.3 Å². The molecule has 0 spiro atoms. The van der Waals surface area contributed by atoms with Crippen LogP contribution in [-0.2, 0) is 0 Å². The van der Waals surface area contributed by atoms with E-state index >= 15 is 0 Å². The van der Waals surface area contributed by atoms with Gasteiger partial charge in [-0.2, -0.15) is 0 Å². The Balaban J connectivity index is 0. The summed E-state index contributed by atoms with van der Waals surface area (Å²) in [5, 5.41) is 0. The Labute approximate surface area is 65.0 Å². The van der Waals surface area contributed by atoms with Crippen LogP contribution in [0.3, 0.4) is 0 Å². The fraction of sp³-hybridized carbons (Fsp3) is 0.875. The molecule has 0 aromatic carbocycles. The molecule has 0 N–H and O–H groups in total. The van der Waals surface area contributed by atoms with Gasteiger partial charge in [0.15, 0.2) is 0 Å². The summed E-state index contributed by atoms with van der Waals surface area (Å²) >= 11 is 0. The predicted molar refractivity (Wildman–Crippen MR) is 48.9 cm³/mol. The molecule has 10 heavy (non-hydrogen) atoms. The molecule has 0 amide bonds. The zero-order chi connectivity index (χ0) is 5.82. The third kappa shape index (κ3) is 3.62. The van der Waals surface area contributed by atoms with E-state index in [1.807, 2.05) is 6.21 Å². The minimum Gasteiger partial charge on any atom is -0.297 e. The van der Waals surface area contributed by atoms with E-state index in [1.54, 1.807) is 0 Å². The third-order valence-corrected chi connectivity index (χ3v) is 1.46.